The number of carboxylic acids is 1. The van der Waals surface area contributed by atoms with E-state index in [0.717, 1.165) is 47.2 Å². The van der Waals surface area contributed by atoms with Crippen molar-refractivity contribution >= 4 is 58.2 Å². The Bertz CT molecular complexity index is 2040. The summed E-state index contributed by atoms with van der Waals surface area (Å²) in [6.07, 6.45) is 4.70. The van der Waals surface area contributed by atoms with Gasteiger partial charge in [0.25, 0.3) is 5.91 Å². The Hall–Kier alpha value is -5.57. The van der Waals surface area contributed by atoms with Gasteiger partial charge in [0, 0.05) is 54.9 Å². The number of aliphatic carboxylic acids is 1. The molecular weight excluding hydrogens is 745 g/mol. The lowest BCUT2D eigenvalue weighted by Gasteiger charge is -2.24. The lowest BCUT2D eigenvalue weighted by molar-refractivity contribution is -0.141. The number of benzene rings is 3. The fourth-order valence-electron chi connectivity index (χ4n) is 7.88. The van der Waals surface area contributed by atoms with Crippen LogP contribution in [0.3, 0.4) is 0 Å². The number of hydrogen-bond acceptors (Lipinski definition) is 8. The number of unbranched alkanes of at least 4 members (excludes halogenated alkanes) is 2. The van der Waals surface area contributed by atoms with Crippen molar-refractivity contribution in [1.82, 2.24) is 35.7 Å². The van der Waals surface area contributed by atoms with Gasteiger partial charge in [0.15, 0.2) is 0 Å². The maximum Gasteiger partial charge on any atom is 0.315 e. The largest absolute Gasteiger partial charge is 0.481 e. The molecule has 1 aromatic heterocycles. The molecule has 0 aliphatic carbocycles. The number of urea groups is 1. The molecule has 2 saturated heterocycles. The third-order valence-corrected chi connectivity index (χ3v) is 12.4. The van der Waals surface area contributed by atoms with E-state index in [9.17, 15) is 29.1 Å². The number of nitrogens with one attached hydrogen (secondary N) is 5. The van der Waals surface area contributed by atoms with Crippen molar-refractivity contribution in [2.24, 2.45) is 0 Å². The zero-order valence-corrected chi connectivity index (χ0v) is 32.7. The van der Waals surface area contributed by atoms with Crippen molar-refractivity contribution in [3.63, 3.8) is 0 Å². The minimum atomic E-state index is -1.08. The van der Waals surface area contributed by atoms with Gasteiger partial charge in [-0.05, 0) is 73.6 Å². The maximum atomic E-state index is 14.3. The predicted molar refractivity (Wildman–Crippen MR) is 219 cm³/mol. The molecule has 0 saturated carbocycles. The van der Waals surface area contributed by atoms with Crippen molar-refractivity contribution in [2.45, 2.75) is 87.8 Å². The number of rotatable bonds is 18. The molecule has 300 valence electrons. The lowest BCUT2D eigenvalue weighted by atomic mass is 10.0. The van der Waals surface area contributed by atoms with Gasteiger partial charge in [0.05, 0.1) is 36.1 Å². The average molecular weight is 795 g/mol. The number of fused-ring (bicyclic) bond motifs is 3. The molecule has 5 amide bonds. The van der Waals surface area contributed by atoms with E-state index in [4.69, 9.17) is 4.98 Å². The first-order valence-electron chi connectivity index (χ1n) is 19.8. The number of carbonyl (C=O) groups excluding carboxylic acids is 4. The highest BCUT2D eigenvalue weighted by Crippen LogP contribution is 2.33. The number of aromatic nitrogens is 2. The van der Waals surface area contributed by atoms with Gasteiger partial charge < -0.3 is 41.2 Å². The summed E-state index contributed by atoms with van der Waals surface area (Å²) < 4.78 is 0. The van der Waals surface area contributed by atoms with Gasteiger partial charge in [-0.3, -0.25) is 19.2 Å². The highest BCUT2D eigenvalue weighted by molar-refractivity contribution is 8.00. The van der Waals surface area contributed by atoms with E-state index in [0.29, 0.717) is 67.6 Å². The number of hydrogen-bond donors (Lipinski definition) is 6. The first-order valence-corrected chi connectivity index (χ1v) is 20.9. The number of anilines is 1. The molecule has 3 aliphatic heterocycles. The van der Waals surface area contributed by atoms with Crippen LogP contribution in [0.4, 0.5) is 10.5 Å². The van der Waals surface area contributed by atoms with Crippen LogP contribution in [-0.4, -0.2) is 103 Å². The fourth-order valence-corrected chi connectivity index (χ4v) is 9.42. The monoisotopic (exact) mass is 794 g/mol. The van der Waals surface area contributed by atoms with E-state index in [-0.39, 0.29) is 55.3 Å². The first-order chi connectivity index (χ1) is 27.7. The van der Waals surface area contributed by atoms with E-state index < -0.39 is 12.0 Å². The molecule has 4 aromatic rings. The number of para-hydroxylation sites is 2. The number of carbonyl (C=O) groups is 5. The minimum Gasteiger partial charge on any atom is -0.481 e. The number of nitrogens with zero attached hydrogens (tertiary/aromatic N) is 3. The number of imidazole rings is 1. The average Bonchev–Trinajstić information content (AvgIpc) is 3.88. The summed E-state index contributed by atoms with van der Waals surface area (Å²) in [4.78, 5) is 75.4. The molecule has 15 heteroatoms. The Morgan fingerprint density at radius 1 is 0.947 bits per heavy atom. The van der Waals surface area contributed by atoms with Gasteiger partial charge in [-0.15, -0.1) is 0 Å². The first kappa shape index (κ1) is 39.7. The summed E-state index contributed by atoms with van der Waals surface area (Å²) >= 11 is 1.88. The number of H-pyrrole nitrogens is 1. The SMILES string of the molecule is O=C(O)CC1Nc2ccc(C(=O)N(CCCCNC(=O)CCCC[C@@H]3SC[C@@H]4NC(=O)N[C@@H]43)Cc3nc4ccccc4[nH]3)cc2CN(CCc2ccccc2)C1=O. The van der Waals surface area contributed by atoms with Crippen LogP contribution < -0.4 is 21.3 Å². The van der Waals surface area contributed by atoms with E-state index in [1.54, 1.807) is 28.0 Å². The van der Waals surface area contributed by atoms with Crippen molar-refractivity contribution < 1.29 is 29.1 Å². The van der Waals surface area contributed by atoms with Crippen molar-refractivity contribution in [1.29, 1.82) is 0 Å². The molecule has 0 spiro atoms. The number of thioether (sulfide) groups is 1. The second kappa shape index (κ2) is 18.6. The molecule has 7 rings (SSSR count). The van der Waals surface area contributed by atoms with Crippen molar-refractivity contribution in [3.05, 3.63) is 95.3 Å². The smallest absolute Gasteiger partial charge is 0.315 e. The van der Waals surface area contributed by atoms with E-state index >= 15 is 0 Å². The summed E-state index contributed by atoms with van der Waals surface area (Å²) in [7, 11) is 0. The third kappa shape index (κ3) is 10.2. The predicted octanol–water partition coefficient (Wildman–Crippen LogP) is 4.67. The summed E-state index contributed by atoms with van der Waals surface area (Å²) in [5.74, 6) is 0.0194. The van der Waals surface area contributed by atoms with Crippen LogP contribution in [0, 0.1) is 0 Å². The van der Waals surface area contributed by atoms with Gasteiger partial charge in [-0.25, -0.2) is 9.78 Å². The van der Waals surface area contributed by atoms with Crippen LogP contribution in [0.2, 0.25) is 0 Å². The molecule has 4 heterocycles. The summed E-state index contributed by atoms with van der Waals surface area (Å²) in [6, 6.07) is 22.1. The molecule has 1 unspecified atom stereocenters. The van der Waals surface area contributed by atoms with Crippen LogP contribution in [0.15, 0.2) is 72.8 Å². The van der Waals surface area contributed by atoms with Gasteiger partial charge in [0.2, 0.25) is 11.8 Å². The summed E-state index contributed by atoms with van der Waals surface area (Å²) in [5, 5.41) is 22.1. The zero-order valence-electron chi connectivity index (χ0n) is 31.9. The number of amides is 5. The van der Waals surface area contributed by atoms with Gasteiger partial charge in [0.1, 0.15) is 11.9 Å². The van der Waals surface area contributed by atoms with Crippen LogP contribution in [0.25, 0.3) is 11.0 Å². The van der Waals surface area contributed by atoms with Crippen molar-refractivity contribution in [2.75, 3.05) is 30.7 Å². The molecule has 3 aliphatic rings. The fraction of sp³-hybridized carbons (Fsp3) is 0.429. The topological polar surface area (TPSA) is 189 Å². The van der Waals surface area contributed by atoms with Gasteiger partial charge >= 0.3 is 12.0 Å². The molecule has 6 N–H and O–H groups in total. The Labute approximate surface area is 335 Å². The van der Waals surface area contributed by atoms with E-state index in [1.807, 2.05) is 66.4 Å². The Kier molecular flexibility index (Phi) is 12.9. The lowest BCUT2D eigenvalue weighted by Crippen LogP contribution is -2.42. The molecular formula is C42H50N8O6S. The van der Waals surface area contributed by atoms with E-state index in [2.05, 4.69) is 26.3 Å². The highest BCUT2D eigenvalue weighted by Gasteiger charge is 2.42. The van der Waals surface area contributed by atoms with Gasteiger partial charge in [-0.2, -0.15) is 11.8 Å². The van der Waals surface area contributed by atoms with Crippen LogP contribution in [0.5, 0.6) is 0 Å². The zero-order chi connectivity index (χ0) is 39.7. The second-order valence-electron chi connectivity index (χ2n) is 15.0. The van der Waals surface area contributed by atoms with E-state index in [1.165, 1.54) is 0 Å². The normalized spacial score (nSPS) is 19.9. The van der Waals surface area contributed by atoms with Crippen LogP contribution in [0.1, 0.15) is 72.3 Å². The minimum absolute atomic E-state index is 0.0125. The third-order valence-electron chi connectivity index (χ3n) is 10.9. The molecule has 0 bridgehead atoms. The molecule has 14 nitrogen and oxygen atoms in total. The Morgan fingerprint density at radius 3 is 2.60 bits per heavy atom. The highest BCUT2D eigenvalue weighted by atomic mass is 32.2. The number of aromatic amines is 1. The molecule has 4 atom stereocenters. The summed E-state index contributed by atoms with van der Waals surface area (Å²) in [5.41, 5.74) is 4.56. The van der Waals surface area contributed by atoms with Crippen LogP contribution in [-0.2, 0) is 33.9 Å². The molecule has 2 fully saturated rings. The quantitative estimate of drug-likeness (QED) is 0.0615. The number of carboxylic acid groups (broad SMARTS) is 1. The van der Waals surface area contributed by atoms with Crippen LogP contribution >= 0.6 is 11.8 Å². The molecule has 0 radical (unpaired) electrons. The molecule has 3 aromatic carbocycles. The maximum absolute atomic E-state index is 14.3. The Balaban J connectivity index is 0.968. The van der Waals surface area contributed by atoms with Crippen molar-refractivity contribution in [3.8, 4) is 0 Å². The molecule has 57 heavy (non-hydrogen) atoms. The Morgan fingerprint density at radius 2 is 1.77 bits per heavy atom. The standard InChI is InChI=1S/C42H50N8O6S/c51-37(15-7-6-14-35-39-34(26-57-35)47-42(56)48-39)43-19-8-9-20-49(25-36-45-31-12-4-5-13-32(31)46-36)40(54)28-16-17-30-29(22-28)24-50(21-18-27-10-2-1-3-11-27)41(55)33(44-30)23-38(52)53/h1-5,10-13,16-17,22,33-35,39,44H,6-9,14-15,18-21,23-26H2,(H,43,51)(H,45,46)(H,52,53)(H2,47,48,56)/t33?,34-,35-,39-/m0/s1. The van der Waals surface area contributed by atoms with Gasteiger partial charge in [-0.1, -0.05) is 48.9 Å². The second-order valence-corrected chi connectivity index (χ2v) is 16.3. The summed E-state index contributed by atoms with van der Waals surface area (Å²) in [6.45, 7) is 1.80.